The molecule has 11 nitrogen and oxygen atoms in total. The second kappa shape index (κ2) is 9.10. The van der Waals surface area contributed by atoms with Crippen LogP contribution in [0.2, 0.25) is 5.02 Å². The number of nitrogens with two attached hydrogens (primary N) is 1. The first-order valence-corrected chi connectivity index (χ1v) is 12.5. The number of nitrogens with zero attached hydrogens (tertiary/aromatic N) is 7. The average Bonchev–Trinajstić information content (AvgIpc) is 3.59. The SMILES string of the molecule is Cc1nc2c(cnn2C(C)C)cc1C(=O)NCc1cc2cc(Cl)cc(Cn3cnc4c(N)ncnc43)c2[nH]1. The monoisotopic (exact) mass is 528 g/mol. The van der Waals surface area contributed by atoms with E-state index >= 15 is 0 Å². The van der Waals surface area contributed by atoms with E-state index in [2.05, 4.69) is 35.3 Å². The second-order valence-corrected chi connectivity index (χ2v) is 9.96. The molecule has 1 amide bonds. The van der Waals surface area contributed by atoms with Crippen LogP contribution in [-0.2, 0) is 13.1 Å². The minimum atomic E-state index is -0.201. The predicted octanol–water partition coefficient (Wildman–Crippen LogP) is 4.16. The number of nitrogen functional groups attached to an aromatic ring is 1. The lowest BCUT2D eigenvalue weighted by Gasteiger charge is -2.09. The first kappa shape index (κ1) is 23.9. The van der Waals surface area contributed by atoms with Crippen LogP contribution < -0.4 is 11.1 Å². The van der Waals surface area contributed by atoms with E-state index in [-0.39, 0.29) is 11.9 Å². The van der Waals surface area contributed by atoms with E-state index in [0.717, 1.165) is 33.2 Å². The van der Waals surface area contributed by atoms with Gasteiger partial charge in [-0.3, -0.25) is 4.79 Å². The van der Waals surface area contributed by atoms with Gasteiger partial charge in [0.25, 0.3) is 5.91 Å². The summed E-state index contributed by atoms with van der Waals surface area (Å²) in [6.07, 6.45) is 4.85. The van der Waals surface area contributed by atoms with Gasteiger partial charge < -0.3 is 20.6 Å². The van der Waals surface area contributed by atoms with Crippen LogP contribution in [0.1, 0.15) is 47.2 Å². The third kappa shape index (κ3) is 4.10. The van der Waals surface area contributed by atoms with Crippen LogP contribution in [0.5, 0.6) is 0 Å². The van der Waals surface area contributed by atoms with Gasteiger partial charge in [-0.25, -0.2) is 24.6 Å². The van der Waals surface area contributed by atoms with Crippen molar-refractivity contribution in [3.05, 3.63) is 70.7 Å². The van der Waals surface area contributed by atoms with E-state index in [0.29, 0.717) is 46.4 Å². The van der Waals surface area contributed by atoms with Crippen LogP contribution in [0.15, 0.2) is 43.1 Å². The van der Waals surface area contributed by atoms with Gasteiger partial charge in [-0.1, -0.05) is 11.6 Å². The van der Waals surface area contributed by atoms with Crippen molar-refractivity contribution < 1.29 is 4.79 Å². The Hall–Kier alpha value is -4.51. The number of aromatic amines is 1. The van der Waals surface area contributed by atoms with E-state index < -0.39 is 0 Å². The Morgan fingerprint density at radius 2 is 1.97 bits per heavy atom. The molecule has 6 aromatic rings. The van der Waals surface area contributed by atoms with E-state index in [1.54, 1.807) is 12.5 Å². The summed E-state index contributed by atoms with van der Waals surface area (Å²) in [4.78, 5) is 33.8. The van der Waals surface area contributed by atoms with Gasteiger partial charge in [-0.15, -0.1) is 0 Å². The fourth-order valence-electron chi connectivity index (χ4n) is 4.70. The number of pyridine rings is 1. The number of fused-ring (bicyclic) bond motifs is 3. The Balaban J connectivity index is 1.25. The third-order valence-electron chi connectivity index (χ3n) is 6.53. The summed E-state index contributed by atoms with van der Waals surface area (Å²) in [6, 6.07) is 7.80. The summed E-state index contributed by atoms with van der Waals surface area (Å²) in [5.41, 5.74) is 11.8. The number of aryl methyl sites for hydroxylation is 1. The largest absolute Gasteiger partial charge is 0.382 e. The van der Waals surface area contributed by atoms with Gasteiger partial charge >= 0.3 is 0 Å². The number of hydrogen-bond donors (Lipinski definition) is 3. The smallest absolute Gasteiger partial charge is 0.253 e. The maximum Gasteiger partial charge on any atom is 0.253 e. The Morgan fingerprint density at radius 3 is 2.79 bits per heavy atom. The van der Waals surface area contributed by atoms with Crippen molar-refractivity contribution in [2.45, 2.75) is 39.9 Å². The number of imidazole rings is 1. The minimum Gasteiger partial charge on any atom is -0.382 e. The summed E-state index contributed by atoms with van der Waals surface area (Å²) in [5.74, 6) is 0.134. The summed E-state index contributed by atoms with van der Waals surface area (Å²) >= 11 is 6.44. The van der Waals surface area contributed by atoms with E-state index in [1.807, 2.05) is 54.3 Å². The molecule has 0 bridgehead atoms. The molecule has 0 unspecified atom stereocenters. The highest BCUT2D eigenvalue weighted by Gasteiger charge is 2.17. The number of hydrogen-bond acceptors (Lipinski definition) is 7. The first-order valence-electron chi connectivity index (χ1n) is 12.1. The van der Waals surface area contributed by atoms with E-state index in [4.69, 9.17) is 17.3 Å². The van der Waals surface area contributed by atoms with Crippen molar-refractivity contribution in [2.24, 2.45) is 0 Å². The zero-order valence-electron chi connectivity index (χ0n) is 21.0. The van der Waals surface area contributed by atoms with Crippen LogP contribution >= 0.6 is 11.6 Å². The van der Waals surface area contributed by atoms with E-state index in [1.165, 1.54) is 6.33 Å². The number of benzene rings is 1. The molecule has 0 radical (unpaired) electrons. The van der Waals surface area contributed by atoms with Gasteiger partial charge in [-0.05, 0) is 50.6 Å². The van der Waals surface area contributed by atoms with Gasteiger partial charge in [0, 0.05) is 27.5 Å². The quantitative estimate of drug-likeness (QED) is 0.294. The maximum absolute atomic E-state index is 13.1. The molecule has 5 aromatic heterocycles. The maximum atomic E-state index is 13.1. The molecule has 38 heavy (non-hydrogen) atoms. The molecule has 0 aliphatic carbocycles. The molecule has 192 valence electrons. The number of aromatic nitrogens is 8. The molecule has 6 rings (SSSR count). The second-order valence-electron chi connectivity index (χ2n) is 9.53. The van der Waals surface area contributed by atoms with Crippen molar-refractivity contribution in [3.8, 4) is 0 Å². The summed E-state index contributed by atoms with van der Waals surface area (Å²) in [5, 5.41) is 9.79. The molecule has 0 aliphatic heterocycles. The molecule has 12 heteroatoms. The van der Waals surface area contributed by atoms with Gasteiger partial charge in [0.15, 0.2) is 17.1 Å². The molecule has 1 aromatic carbocycles. The van der Waals surface area contributed by atoms with Crippen molar-refractivity contribution >= 4 is 56.4 Å². The molecule has 0 saturated carbocycles. The van der Waals surface area contributed by atoms with Crippen LogP contribution in [-0.4, -0.2) is 45.2 Å². The standard InChI is InChI=1S/C26H25ClN10O/c1-13(2)37-24-16(8-33-37)7-20(14(3)34-24)26(38)29-9-19-6-15-4-18(27)5-17(21(15)35-19)10-36-12-32-22-23(28)30-11-31-25(22)36/h4-8,11-13,35H,9-10H2,1-3H3,(H,29,38)(H2,28,30,31). The van der Waals surface area contributed by atoms with E-state index in [9.17, 15) is 4.79 Å². The minimum absolute atomic E-state index is 0.179. The Labute approximate surface area is 222 Å². The summed E-state index contributed by atoms with van der Waals surface area (Å²) in [7, 11) is 0. The predicted molar refractivity (Wildman–Crippen MR) is 146 cm³/mol. The summed E-state index contributed by atoms with van der Waals surface area (Å²) < 4.78 is 3.75. The Morgan fingerprint density at radius 1 is 1.13 bits per heavy atom. The van der Waals surface area contributed by atoms with Gasteiger partial charge in [0.05, 0.1) is 42.4 Å². The molecule has 0 atom stereocenters. The number of H-pyrrole nitrogens is 1. The Kier molecular flexibility index (Phi) is 5.72. The molecule has 0 spiro atoms. The highest BCUT2D eigenvalue weighted by molar-refractivity contribution is 6.31. The van der Waals surface area contributed by atoms with Crippen molar-refractivity contribution in [2.75, 3.05) is 5.73 Å². The molecule has 4 N–H and O–H groups in total. The molecule has 5 heterocycles. The molecular formula is C26H25ClN10O. The van der Waals surface area contributed by atoms with Gasteiger partial charge in [0.1, 0.15) is 11.8 Å². The highest BCUT2D eigenvalue weighted by Crippen LogP contribution is 2.27. The number of carbonyl (C=O) groups excluding carboxylic acids is 1. The molecule has 0 aliphatic rings. The van der Waals surface area contributed by atoms with Gasteiger partial charge in [0.2, 0.25) is 0 Å². The normalized spacial score (nSPS) is 11.8. The zero-order valence-corrected chi connectivity index (χ0v) is 21.8. The fourth-order valence-corrected chi connectivity index (χ4v) is 4.95. The Bertz CT molecular complexity index is 1850. The lowest BCUT2D eigenvalue weighted by molar-refractivity contribution is 0.0949. The topological polar surface area (TPSA) is 145 Å². The highest BCUT2D eigenvalue weighted by atomic mass is 35.5. The van der Waals surface area contributed by atoms with Crippen molar-refractivity contribution in [1.29, 1.82) is 0 Å². The van der Waals surface area contributed by atoms with Crippen LogP contribution in [0.4, 0.5) is 5.82 Å². The van der Waals surface area contributed by atoms with Crippen molar-refractivity contribution in [3.63, 3.8) is 0 Å². The number of amides is 1. The molecule has 0 saturated heterocycles. The number of rotatable bonds is 6. The number of halogens is 1. The molecule has 0 fully saturated rings. The number of carbonyl (C=O) groups is 1. The number of nitrogens with one attached hydrogen (secondary N) is 2. The summed E-state index contributed by atoms with van der Waals surface area (Å²) in [6.45, 7) is 6.72. The molecular weight excluding hydrogens is 504 g/mol. The van der Waals surface area contributed by atoms with Crippen LogP contribution in [0.25, 0.3) is 33.1 Å². The fraction of sp³-hybridized carbons (Fsp3) is 0.231. The lowest BCUT2D eigenvalue weighted by atomic mass is 10.1. The van der Waals surface area contributed by atoms with Crippen molar-refractivity contribution in [1.82, 2.24) is 44.6 Å². The zero-order chi connectivity index (χ0) is 26.6. The van der Waals surface area contributed by atoms with Gasteiger partial charge in [-0.2, -0.15) is 5.10 Å². The van der Waals surface area contributed by atoms with Crippen LogP contribution in [0, 0.1) is 6.92 Å². The lowest BCUT2D eigenvalue weighted by Crippen LogP contribution is -2.24. The number of anilines is 1. The van der Waals surface area contributed by atoms with Crippen LogP contribution in [0.3, 0.4) is 0 Å². The average molecular weight is 529 g/mol. The third-order valence-corrected chi connectivity index (χ3v) is 6.75. The first-order chi connectivity index (χ1) is 18.3.